The topological polar surface area (TPSA) is 69.6 Å². The molecular formula is C23H24N4O2S. The number of phenolic OH excluding ortho intramolecular Hbond substituents is 1. The molecule has 3 aromatic rings. The number of hydrogen-bond acceptors (Lipinski definition) is 6. The number of fused-ring (bicyclic) bond motifs is 2. The molecule has 0 bridgehead atoms. The minimum atomic E-state index is -0.0824. The molecule has 1 saturated heterocycles. The highest BCUT2D eigenvalue weighted by Gasteiger charge is 2.31. The van der Waals surface area contributed by atoms with Crippen molar-refractivity contribution in [1.82, 2.24) is 14.9 Å². The molecule has 2 aliphatic rings. The molecule has 0 saturated carbocycles. The Balaban J connectivity index is 1.52. The minimum absolute atomic E-state index is 0.0824. The summed E-state index contributed by atoms with van der Waals surface area (Å²) in [4.78, 5) is 27.1. The predicted octanol–water partition coefficient (Wildman–Crippen LogP) is 3.66. The second-order valence-corrected chi connectivity index (χ2v) is 9.17. The molecule has 0 radical (unpaired) electrons. The number of aromatic hydroxyl groups is 1. The van der Waals surface area contributed by atoms with E-state index in [9.17, 15) is 9.90 Å². The summed E-state index contributed by atoms with van der Waals surface area (Å²) >= 11 is 1.96. The van der Waals surface area contributed by atoms with Crippen LogP contribution in [0.1, 0.15) is 33.0 Å². The van der Waals surface area contributed by atoms with E-state index >= 15 is 0 Å². The number of benzene rings is 2. The molecule has 0 spiro atoms. The summed E-state index contributed by atoms with van der Waals surface area (Å²) in [6, 6.07) is 9.16. The average molecular weight is 421 g/mol. The van der Waals surface area contributed by atoms with Crippen molar-refractivity contribution in [2.75, 3.05) is 29.5 Å². The molecule has 1 amide bonds. The number of carbonyl (C=O) groups is 1. The highest BCUT2D eigenvalue weighted by atomic mass is 32.2. The number of anilines is 1. The Bertz CT molecular complexity index is 1160. The number of aryl methyl sites for hydroxylation is 2. The first-order valence-electron chi connectivity index (χ1n) is 10.2. The van der Waals surface area contributed by atoms with Gasteiger partial charge in [0, 0.05) is 30.2 Å². The first-order chi connectivity index (χ1) is 14.5. The number of rotatable bonds is 2. The van der Waals surface area contributed by atoms with Crippen LogP contribution in [0.25, 0.3) is 10.8 Å². The minimum Gasteiger partial charge on any atom is -0.508 e. The molecule has 5 rings (SSSR count). The lowest BCUT2D eigenvalue weighted by Crippen LogP contribution is -2.34. The maximum Gasteiger partial charge on any atom is 0.255 e. The number of phenols is 1. The maximum atomic E-state index is 13.6. The van der Waals surface area contributed by atoms with Crippen molar-refractivity contribution in [3.05, 3.63) is 58.5 Å². The highest BCUT2D eigenvalue weighted by Crippen LogP contribution is 2.34. The molecule has 2 aromatic carbocycles. The quantitative estimate of drug-likeness (QED) is 0.682. The van der Waals surface area contributed by atoms with Gasteiger partial charge >= 0.3 is 0 Å². The Morgan fingerprint density at radius 1 is 1.10 bits per heavy atom. The van der Waals surface area contributed by atoms with Crippen LogP contribution < -0.4 is 4.90 Å². The van der Waals surface area contributed by atoms with Gasteiger partial charge in [0.2, 0.25) is 0 Å². The second kappa shape index (κ2) is 7.47. The van der Waals surface area contributed by atoms with Crippen molar-refractivity contribution in [3.63, 3.8) is 0 Å². The molecule has 154 valence electrons. The fourth-order valence-electron chi connectivity index (χ4n) is 4.48. The standard InChI is InChI=1S/C23H24N4O2S/c1-14-4-3-5-16-10-17(28)11-18(21(14)16)23(29)27-12-19-20(13-27)24-15(2)25-22(19)26-6-8-30-9-7-26/h3-5,10-11,28H,6-9,12-13H2,1-2H3. The third-order valence-electron chi connectivity index (χ3n) is 5.87. The van der Waals surface area contributed by atoms with Gasteiger partial charge in [-0.15, -0.1) is 0 Å². The lowest BCUT2D eigenvalue weighted by Gasteiger charge is -2.29. The lowest BCUT2D eigenvalue weighted by atomic mass is 9.98. The molecular weight excluding hydrogens is 396 g/mol. The van der Waals surface area contributed by atoms with Gasteiger partial charge in [0.15, 0.2) is 0 Å². The highest BCUT2D eigenvalue weighted by molar-refractivity contribution is 7.99. The Hall–Kier alpha value is -2.80. The molecule has 0 atom stereocenters. The predicted molar refractivity (Wildman–Crippen MR) is 120 cm³/mol. The fourth-order valence-corrected chi connectivity index (χ4v) is 5.38. The van der Waals surface area contributed by atoms with Gasteiger partial charge in [-0.2, -0.15) is 11.8 Å². The van der Waals surface area contributed by atoms with Gasteiger partial charge in [0.05, 0.1) is 24.3 Å². The maximum absolute atomic E-state index is 13.6. The Kier molecular flexibility index (Phi) is 4.77. The van der Waals surface area contributed by atoms with Crippen molar-refractivity contribution < 1.29 is 9.90 Å². The molecule has 1 fully saturated rings. The zero-order chi connectivity index (χ0) is 20.8. The van der Waals surface area contributed by atoms with Crippen LogP contribution in [0, 0.1) is 13.8 Å². The zero-order valence-electron chi connectivity index (χ0n) is 17.2. The third kappa shape index (κ3) is 3.27. The van der Waals surface area contributed by atoms with E-state index < -0.39 is 0 Å². The molecule has 7 heteroatoms. The van der Waals surface area contributed by atoms with Gasteiger partial charge in [-0.25, -0.2) is 9.97 Å². The van der Waals surface area contributed by atoms with Crippen molar-refractivity contribution in [1.29, 1.82) is 0 Å². The van der Waals surface area contributed by atoms with Crippen LogP contribution in [-0.2, 0) is 13.1 Å². The molecule has 2 aliphatic heterocycles. The number of amides is 1. The molecule has 0 unspecified atom stereocenters. The summed E-state index contributed by atoms with van der Waals surface area (Å²) in [6.07, 6.45) is 0. The molecule has 6 nitrogen and oxygen atoms in total. The summed E-state index contributed by atoms with van der Waals surface area (Å²) in [5.41, 5.74) is 3.55. The van der Waals surface area contributed by atoms with Gasteiger partial charge in [0.25, 0.3) is 5.91 Å². The first kappa shape index (κ1) is 19.2. The summed E-state index contributed by atoms with van der Waals surface area (Å²) in [5.74, 6) is 3.93. The van der Waals surface area contributed by atoms with Crippen molar-refractivity contribution in [2.45, 2.75) is 26.9 Å². The Labute approximate surface area is 179 Å². The number of carbonyl (C=O) groups excluding carboxylic acids is 1. The van der Waals surface area contributed by atoms with E-state index in [0.717, 1.165) is 63.8 Å². The van der Waals surface area contributed by atoms with Crippen LogP contribution in [-0.4, -0.2) is 50.5 Å². The van der Waals surface area contributed by atoms with E-state index in [-0.39, 0.29) is 11.7 Å². The molecule has 3 heterocycles. The van der Waals surface area contributed by atoms with Gasteiger partial charge in [-0.3, -0.25) is 4.79 Å². The first-order valence-corrected chi connectivity index (χ1v) is 11.4. The van der Waals surface area contributed by atoms with E-state index in [2.05, 4.69) is 9.88 Å². The van der Waals surface area contributed by atoms with E-state index in [1.54, 1.807) is 12.1 Å². The van der Waals surface area contributed by atoms with Crippen LogP contribution >= 0.6 is 11.8 Å². The zero-order valence-corrected chi connectivity index (χ0v) is 18.0. The van der Waals surface area contributed by atoms with E-state index in [0.29, 0.717) is 18.7 Å². The van der Waals surface area contributed by atoms with Crippen LogP contribution in [0.4, 0.5) is 5.82 Å². The second-order valence-electron chi connectivity index (χ2n) is 7.95. The largest absolute Gasteiger partial charge is 0.508 e. The van der Waals surface area contributed by atoms with Crippen molar-refractivity contribution in [2.24, 2.45) is 0 Å². The number of nitrogens with zero attached hydrogens (tertiary/aromatic N) is 4. The lowest BCUT2D eigenvalue weighted by molar-refractivity contribution is 0.0752. The summed E-state index contributed by atoms with van der Waals surface area (Å²) in [7, 11) is 0. The van der Waals surface area contributed by atoms with Crippen LogP contribution in [0.3, 0.4) is 0 Å². The van der Waals surface area contributed by atoms with Crippen LogP contribution in [0.5, 0.6) is 5.75 Å². The fraction of sp³-hybridized carbons (Fsp3) is 0.348. The molecule has 0 aliphatic carbocycles. The number of hydrogen-bond donors (Lipinski definition) is 1. The third-order valence-corrected chi connectivity index (χ3v) is 6.81. The Morgan fingerprint density at radius 3 is 2.70 bits per heavy atom. The van der Waals surface area contributed by atoms with Gasteiger partial charge in [-0.1, -0.05) is 18.2 Å². The van der Waals surface area contributed by atoms with Gasteiger partial charge in [0.1, 0.15) is 17.4 Å². The van der Waals surface area contributed by atoms with Gasteiger partial charge < -0.3 is 14.9 Å². The van der Waals surface area contributed by atoms with E-state index in [1.165, 1.54) is 0 Å². The average Bonchev–Trinajstić information content (AvgIpc) is 3.16. The van der Waals surface area contributed by atoms with Crippen LogP contribution in [0.2, 0.25) is 0 Å². The van der Waals surface area contributed by atoms with E-state index in [4.69, 9.17) is 4.98 Å². The normalized spacial score (nSPS) is 16.2. The summed E-state index contributed by atoms with van der Waals surface area (Å²) in [5, 5.41) is 12.0. The van der Waals surface area contributed by atoms with Crippen LogP contribution in [0.15, 0.2) is 30.3 Å². The number of thioether (sulfide) groups is 1. The van der Waals surface area contributed by atoms with Crippen molar-refractivity contribution in [3.8, 4) is 5.75 Å². The SMILES string of the molecule is Cc1nc2c(c(N3CCSCC3)n1)CN(C(=O)c1cc(O)cc3cccc(C)c13)C2. The summed E-state index contributed by atoms with van der Waals surface area (Å²) < 4.78 is 0. The number of aromatic nitrogens is 2. The van der Waals surface area contributed by atoms with E-state index in [1.807, 2.05) is 48.7 Å². The van der Waals surface area contributed by atoms with Crippen molar-refractivity contribution >= 4 is 34.3 Å². The smallest absolute Gasteiger partial charge is 0.255 e. The molecule has 1 N–H and O–H groups in total. The summed E-state index contributed by atoms with van der Waals surface area (Å²) in [6.45, 7) is 6.82. The van der Waals surface area contributed by atoms with Gasteiger partial charge in [-0.05, 0) is 42.3 Å². The Morgan fingerprint density at radius 2 is 1.90 bits per heavy atom. The molecule has 30 heavy (non-hydrogen) atoms. The molecule has 1 aromatic heterocycles. The monoisotopic (exact) mass is 420 g/mol.